The fraction of sp³-hybridized carbons (Fsp3) is 0.667. The molecule has 4 heteroatoms. The summed E-state index contributed by atoms with van der Waals surface area (Å²) in [5, 5.41) is -0.479. The number of methoxy groups -OCH3 is 1. The van der Waals surface area contributed by atoms with Crippen molar-refractivity contribution in [3.63, 3.8) is 0 Å². The van der Waals surface area contributed by atoms with Gasteiger partial charge in [-0.2, -0.15) is 0 Å². The normalized spacial score (nSPS) is 34.4. The Labute approximate surface area is 81.7 Å². The lowest BCUT2D eigenvalue weighted by molar-refractivity contribution is -0.146. The van der Waals surface area contributed by atoms with E-state index in [0.29, 0.717) is 12.0 Å². The van der Waals surface area contributed by atoms with Gasteiger partial charge < -0.3 is 4.74 Å². The molecule has 3 unspecified atom stereocenters. The zero-order valence-electron chi connectivity index (χ0n) is 7.43. The Hall–Kier alpha value is -0.570. The lowest BCUT2D eigenvalue weighted by Crippen LogP contribution is -2.34. The summed E-state index contributed by atoms with van der Waals surface area (Å²) in [6.07, 6.45) is -0.634. The molecular formula is C9H12ClFO2. The van der Waals surface area contributed by atoms with Crippen molar-refractivity contribution in [1.29, 1.82) is 0 Å². The fourth-order valence-electron chi connectivity index (χ4n) is 1.45. The largest absolute Gasteiger partial charge is 0.469 e. The molecule has 0 aromatic rings. The van der Waals surface area contributed by atoms with Crippen LogP contribution in [-0.2, 0) is 9.53 Å². The Morgan fingerprint density at radius 2 is 2.38 bits per heavy atom. The summed E-state index contributed by atoms with van der Waals surface area (Å²) in [5.74, 6) is -0.820. The molecule has 0 bridgehead atoms. The number of carbonyl (C=O) groups is 1. The predicted molar refractivity (Wildman–Crippen MR) is 48.4 cm³/mol. The number of esters is 1. The quantitative estimate of drug-likeness (QED) is 0.373. The first-order valence-electron chi connectivity index (χ1n) is 4.10. The first-order valence-corrected chi connectivity index (χ1v) is 4.53. The van der Waals surface area contributed by atoms with Crippen molar-refractivity contribution < 1.29 is 13.9 Å². The summed E-state index contributed by atoms with van der Waals surface area (Å²) in [5.41, 5.74) is 0.437. The highest BCUT2D eigenvalue weighted by Gasteiger charge is 2.36. The zero-order valence-corrected chi connectivity index (χ0v) is 8.18. The highest BCUT2D eigenvalue weighted by atomic mass is 35.5. The van der Waals surface area contributed by atoms with Gasteiger partial charge in [0.05, 0.1) is 18.4 Å². The predicted octanol–water partition coefficient (Wildman–Crippen LogP) is 2.07. The third-order valence-corrected chi connectivity index (χ3v) is 2.78. The molecule has 0 N–H and O–H groups in total. The molecule has 0 radical (unpaired) electrons. The Kier molecular flexibility index (Phi) is 3.31. The van der Waals surface area contributed by atoms with Gasteiger partial charge in [-0.05, 0) is 18.4 Å². The van der Waals surface area contributed by atoms with Crippen LogP contribution >= 0.6 is 11.6 Å². The molecule has 1 saturated carbocycles. The van der Waals surface area contributed by atoms with Gasteiger partial charge in [0.25, 0.3) is 0 Å². The summed E-state index contributed by atoms with van der Waals surface area (Å²) in [6.45, 7) is 3.56. The molecule has 1 fully saturated rings. The minimum Gasteiger partial charge on any atom is -0.469 e. The second kappa shape index (κ2) is 4.09. The monoisotopic (exact) mass is 206 g/mol. The van der Waals surface area contributed by atoms with E-state index >= 15 is 0 Å². The molecule has 1 rings (SSSR count). The van der Waals surface area contributed by atoms with E-state index < -0.39 is 17.5 Å². The Morgan fingerprint density at radius 1 is 1.77 bits per heavy atom. The first-order chi connectivity index (χ1) is 6.06. The molecule has 1 aliphatic rings. The van der Waals surface area contributed by atoms with E-state index in [2.05, 4.69) is 11.3 Å². The third kappa shape index (κ3) is 2.21. The van der Waals surface area contributed by atoms with Gasteiger partial charge in [-0.15, -0.1) is 11.6 Å². The van der Waals surface area contributed by atoms with Crippen molar-refractivity contribution >= 4 is 17.6 Å². The number of carbonyl (C=O) groups excluding carboxylic acids is 1. The molecule has 0 spiro atoms. The van der Waals surface area contributed by atoms with Crippen LogP contribution in [0.3, 0.4) is 0 Å². The molecule has 0 heterocycles. The number of hydrogen-bond acceptors (Lipinski definition) is 2. The van der Waals surface area contributed by atoms with Gasteiger partial charge >= 0.3 is 5.97 Å². The molecular weight excluding hydrogens is 195 g/mol. The molecule has 0 saturated heterocycles. The lowest BCUT2D eigenvalue weighted by atomic mass is 9.84. The van der Waals surface area contributed by atoms with Gasteiger partial charge in [-0.3, -0.25) is 4.79 Å². The van der Waals surface area contributed by atoms with Gasteiger partial charge in [-0.25, -0.2) is 4.39 Å². The second-order valence-electron chi connectivity index (χ2n) is 3.21. The maximum Gasteiger partial charge on any atom is 0.310 e. The van der Waals surface area contributed by atoms with Crippen molar-refractivity contribution in [1.82, 2.24) is 0 Å². The highest BCUT2D eigenvalue weighted by molar-refractivity contribution is 6.22. The number of hydrogen-bond donors (Lipinski definition) is 0. The first kappa shape index (κ1) is 10.5. The molecule has 0 amide bonds. The van der Waals surface area contributed by atoms with E-state index in [1.807, 2.05) is 0 Å². The van der Waals surface area contributed by atoms with Crippen molar-refractivity contribution in [3.8, 4) is 0 Å². The van der Waals surface area contributed by atoms with Crippen LogP contribution in [0.4, 0.5) is 4.39 Å². The molecule has 0 aromatic carbocycles. The van der Waals surface area contributed by atoms with Crippen LogP contribution in [0, 0.1) is 5.92 Å². The van der Waals surface area contributed by atoms with Crippen LogP contribution < -0.4 is 0 Å². The van der Waals surface area contributed by atoms with Gasteiger partial charge in [0.15, 0.2) is 0 Å². The number of allylic oxidation sites excluding steroid dienone is 1. The average molecular weight is 207 g/mol. The van der Waals surface area contributed by atoms with Gasteiger partial charge in [0.1, 0.15) is 6.17 Å². The SMILES string of the molecule is C=C1CC(C(=O)OC)C(Cl)CC1F. The topological polar surface area (TPSA) is 26.3 Å². The fourth-order valence-corrected chi connectivity index (χ4v) is 1.80. The maximum atomic E-state index is 13.0. The Morgan fingerprint density at radius 3 is 2.92 bits per heavy atom. The van der Waals surface area contributed by atoms with Crippen LogP contribution in [0.5, 0.6) is 0 Å². The Balaban J connectivity index is 2.66. The third-order valence-electron chi connectivity index (χ3n) is 2.30. The van der Waals surface area contributed by atoms with Crippen LogP contribution in [-0.4, -0.2) is 24.6 Å². The maximum absolute atomic E-state index is 13.0. The van der Waals surface area contributed by atoms with E-state index in [1.165, 1.54) is 7.11 Å². The van der Waals surface area contributed by atoms with E-state index in [-0.39, 0.29) is 12.4 Å². The molecule has 74 valence electrons. The molecule has 2 nitrogen and oxygen atoms in total. The van der Waals surface area contributed by atoms with E-state index in [1.54, 1.807) is 0 Å². The molecule has 1 aliphatic carbocycles. The van der Waals surface area contributed by atoms with Crippen molar-refractivity contribution in [2.24, 2.45) is 5.92 Å². The molecule has 0 aliphatic heterocycles. The summed E-state index contributed by atoms with van der Waals surface area (Å²) in [6, 6.07) is 0. The molecule has 3 atom stereocenters. The van der Waals surface area contributed by atoms with Crippen molar-refractivity contribution in [3.05, 3.63) is 12.2 Å². The number of alkyl halides is 2. The van der Waals surface area contributed by atoms with Crippen LogP contribution in [0.1, 0.15) is 12.8 Å². The van der Waals surface area contributed by atoms with Crippen LogP contribution in [0.25, 0.3) is 0 Å². The van der Waals surface area contributed by atoms with Crippen molar-refractivity contribution in [2.75, 3.05) is 7.11 Å². The average Bonchev–Trinajstić information content (AvgIpc) is 2.10. The van der Waals surface area contributed by atoms with Gasteiger partial charge in [0.2, 0.25) is 0 Å². The summed E-state index contributed by atoms with van der Waals surface area (Å²) >= 11 is 5.83. The minimum absolute atomic E-state index is 0.153. The van der Waals surface area contributed by atoms with E-state index in [4.69, 9.17) is 11.6 Å². The zero-order chi connectivity index (χ0) is 10.0. The summed E-state index contributed by atoms with van der Waals surface area (Å²) < 4.78 is 17.6. The highest BCUT2D eigenvalue weighted by Crippen LogP contribution is 2.34. The molecule has 0 aromatic heterocycles. The van der Waals surface area contributed by atoms with E-state index in [9.17, 15) is 9.18 Å². The summed E-state index contributed by atoms with van der Waals surface area (Å²) in [7, 11) is 1.30. The van der Waals surface area contributed by atoms with Gasteiger partial charge in [-0.1, -0.05) is 6.58 Å². The summed E-state index contributed by atoms with van der Waals surface area (Å²) in [4.78, 5) is 11.2. The van der Waals surface area contributed by atoms with Crippen LogP contribution in [0.2, 0.25) is 0 Å². The smallest absolute Gasteiger partial charge is 0.310 e. The number of halogens is 2. The second-order valence-corrected chi connectivity index (χ2v) is 3.77. The Bertz CT molecular complexity index is 230. The van der Waals surface area contributed by atoms with Gasteiger partial charge in [0, 0.05) is 0 Å². The minimum atomic E-state index is -1.08. The van der Waals surface area contributed by atoms with Crippen LogP contribution in [0.15, 0.2) is 12.2 Å². The standard InChI is InChI=1S/C9H12ClFO2/c1-5-3-6(9(12)13-2)7(10)4-8(5)11/h6-8H,1,3-4H2,2H3. The number of ether oxygens (including phenoxy) is 1. The lowest BCUT2D eigenvalue weighted by Gasteiger charge is -2.28. The molecule has 13 heavy (non-hydrogen) atoms. The number of rotatable bonds is 1. The van der Waals surface area contributed by atoms with Crippen molar-refractivity contribution in [2.45, 2.75) is 24.4 Å². The van der Waals surface area contributed by atoms with E-state index in [0.717, 1.165) is 0 Å².